The maximum atomic E-state index is 8.36. The van der Waals surface area contributed by atoms with Crippen LogP contribution in [0.2, 0.25) is 0 Å². The highest BCUT2D eigenvalue weighted by molar-refractivity contribution is 5.15. The van der Waals surface area contributed by atoms with Crippen molar-refractivity contribution >= 4 is 0 Å². The molecular weight excluding hydrogens is 136 g/mol. The van der Waals surface area contributed by atoms with Crippen molar-refractivity contribution < 1.29 is 0 Å². The van der Waals surface area contributed by atoms with Crippen LogP contribution in [0.25, 0.3) is 0 Å². The first-order valence-corrected chi connectivity index (χ1v) is 3.32. The van der Waals surface area contributed by atoms with E-state index < -0.39 is 0 Å². The molecule has 0 aliphatic rings. The zero-order valence-corrected chi connectivity index (χ0v) is 6.12. The van der Waals surface area contributed by atoms with Crippen LogP contribution in [0.5, 0.6) is 0 Å². The van der Waals surface area contributed by atoms with E-state index in [1.165, 1.54) is 0 Å². The van der Waals surface area contributed by atoms with E-state index in [-0.39, 0.29) is 0 Å². The molecule has 1 aromatic rings. The lowest BCUT2D eigenvalue weighted by molar-refractivity contribution is 0.848. The third-order valence-electron chi connectivity index (χ3n) is 1.37. The fourth-order valence-corrected chi connectivity index (χ4v) is 0.890. The second-order valence-corrected chi connectivity index (χ2v) is 2.23. The molecule has 0 unspecified atom stereocenters. The Morgan fingerprint density at radius 2 is 2.45 bits per heavy atom. The molecule has 54 valence electrons. The van der Waals surface area contributed by atoms with Gasteiger partial charge in [0.2, 0.25) is 0 Å². The lowest BCUT2D eigenvalue weighted by atomic mass is 10.3. The molecule has 1 rings (SSSR count). The smallest absolute Gasteiger partial charge is 0.0829 e. The minimum Gasteiger partial charge on any atom is -0.343 e. The Morgan fingerprint density at radius 3 is 3.09 bits per heavy atom. The van der Waals surface area contributed by atoms with Gasteiger partial charge in [0.05, 0.1) is 19.0 Å². The van der Waals surface area contributed by atoms with E-state index in [1.807, 2.05) is 23.0 Å². The summed E-state index contributed by atoms with van der Waals surface area (Å²) >= 11 is 0. The van der Waals surface area contributed by atoms with Gasteiger partial charge in [-0.15, -0.1) is 6.42 Å². The summed E-state index contributed by atoms with van der Waals surface area (Å²) in [5.41, 5.74) is 1.02. The monoisotopic (exact) mass is 144 g/mol. The predicted molar refractivity (Wildman–Crippen MR) is 42.6 cm³/mol. The van der Waals surface area contributed by atoms with Gasteiger partial charge in [0.25, 0.3) is 0 Å². The lowest BCUT2D eigenvalue weighted by Crippen LogP contribution is -1.89. The van der Waals surface area contributed by atoms with Crippen molar-refractivity contribution in [3.05, 3.63) is 24.0 Å². The molecule has 0 N–H and O–H groups in total. The van der Waals surface area contributed by atoms with Crippen molar-refractivity contribution in [1.29, 1.82) is 5.26 Å². The fourth-order valence-electron chi connectivity index (χ4n) is 0.890. The molecule has 0 amide bonds. The topological polar surface area (TPSA) is 28.7 Å². The van der Waals surface area contributed by atoms with Gasteiger partial charge in [-0.1, -0.05) is 5.92 Å². The normalized spacial score (nSPS) is 8.55. The van der Waals surface area contributed by atoms with Gasteiger partial charge in [0.1, 0.15) is 0 Å². The molecule has 0 atom stereocenters. The minimum absolute atomic E-state index is 0.456. The number of hydrogen-bond donors (Lipinski definition) is 0. The Bertz CT molecular complexity index is 279. The van der Waals surface area contributed by atoms with Crippen LogP contribution in [-0.4, -0.2) is 4.57 Å². The highest BCUT2D eigenvalue weighted by atomic mass is 14.9. The SMILES string of the molecule is C#CCn1ccc(CC#N)c1. The van der Waals surface area contributed by atoms with Crippen molar-refractivity contribution in [2.45, 2.75) is 13.0 Å². The number of nitriles is 1. The van der Waals surface area contributed by atoms with E-state index in [0.717, 1.165) is 5.56 Å². The van der Waals surface area contributed by atoms with Gasteiger partial charge in [-0.05, 0) is 11.6 Å². The van der Waals surface area contributed by atoms with Crippen LogP contribution >= 0.6 is 0 Å². The summed E-state index contributed by atoms with van der Waals surface area (Å²) in [6, 6.07) is 3.98. The van der Waals surface area contributed by atoms with Gasteiger partial charge in [-0.3, -0.25) is 0 Å². The highest BCUT2D eigenvalue weighted by Crippen LogP contribution is 2.00. The second-order valence-electron chi connectivity index (χ2n) is 2.23. The Balaban J connectivity index is 2.69. The average Bonchev–Trinajstić information content (AvgIpc) is 2.38. The molecule has 0 saturated carbocycles. The molecular formula is C9H8N2. The first kappa shape index (κ1) is 7.44. The number of terminal acetylenes is 1. The Hall–Kier alpha value is -1.67. The molecule has 0 aliphatic carbocycles. The lowest BCUT2D eigenvalue weighted by Gasteiger charge is -1.91. The van der Waals surface area contributed by atoms with Crippen LogP contribution in [0.1, 0.15) is 5.56 Å². The average molecular weight is 144 g/mol. The first-order valence-electron chi connectivity index (χ1n) is 3.32. The van der Waals surface area contributed by atoms with Crippen molar-refractivity contribution in [2.75, 3.05) is 0 Å². The van der Waals surface area contributed by atoms with Crippen LogP contribution in [0, 0.1) is 23.7 Å². The van der Waals surface area contributed by atoms with Crippen molar-refractivity contribution in [1.82, 2.24) is 4.57 Å². The van der Waals surface area contributed by atoms with Crippen LogP contribution < -0.4 is 0 Å². The number of nitrogens with zero attached hydrogens (tertiary/aromatic N) is 2. The highest BCUT2D eigenvalue weighted by Gasteiger charge is 1.93. The molecule has 1 aromatic heterocycles. The molecule has 1 heterocycles. The van der Waals surface area contributed by atoms with E-state index in [9.17, 15) is 0 Å². The largest absolute Gasteiger partial charge is 0.343 e. The van der Waals surface area contributed by atoms with Crippen LogP contribution in [0.3, 0.4) is 0 Å². The first-order chi connectivity index (χ1) is 5.36. The molecule has 0 bridgehead atoms. The van der Waals surface area contributed by atoms with Crippen LogP contribution in [0.15, 0.2) is 18.5 Å². The molecule has 0 spiro atoms. The summed E-state index contributed by atoms with van der Waals surface area (Å²) in [5, 5.41) is 8.36. The summed E-state index contributed by atoms with van der Waals surface area (Å²) < 4.78 is 1.88. The van der Waals surface area contributed by atoms with E-state index >= 15 is 0 Å². The second kappa shape index (κ2) is 3.49. The van der Waals surface area contributed by atoms with Crippen molar-refractivity contribution in [2.24, 2.45) is 0 Å². The Labute approximate surface area is 66.1 Å². The third kappa shape index (κ3) is 1.88. The maximum Gasteiger partial charge on any atom is 0.0829 e. The standard InChI is InChI=1S/C9H8N2/c1-2-6-11-7-4-9(8-11)3-5-10/h1,4,7-8H,3,6H2. The summed E-state index contributed by atoms with van der Waals surface area (Å²) in [7, 11) is 0. The van der Waals surface area contributed by atoms with E-state index in [1.54, 1.807) is 0 Å². The van der Waals surface area contributed by atoms with Gasteiger partial charge >= 0.3 is 0 Å². The third-order valence-corrected chi connectivity index (χ3v) is 1.37. The van der Waals surface area contributed by atoms with Gasteiger partial charge < -0.3 is 4.57 Å². The Kier molecular flexibility index (Phi) is 2.36. The summed E-state index contributed by atoms with van der Waals surface area (Å²) in [5.74, 6) is 2.52. The summed E-state index contributed by atoms with van der Waals surface area (Å²) in [6.45, 7) is 0.575. The van der Waals surface area contributed by atoms with Crippen molar-refractivity contribution in [3.63, 3.8) is 0 Å². The Morgan fingerprint density at radius 1 is 1.64 bits per heavy atom. The minimum atomic E-state index is 0.456. The van der Waals surface area contributed by atoms with Crippen molar-refractivity contribution in [3.8, 4) is 18.4 Å². The van der Waals surface area contributed by atoms with Gasteiger partial charge in [0, 0.05) is 12.4 Å². The van der Waals surface area contributed by atoms with E-state index in [4.69, 9.17) is 11.7 Å². The molecule has 0 radical (unpaired) electrons. The number of rotatable bonds is 2. The fraction of sp³-hybridized carbons (Fsp3) is 0.222. The van der Waals surface area contributed by atoms with E-state index in [2.05, 4.69) is 12.0 Å². The molecule has 0 aliphatic heterocycles. The molecule has 0 aromatic carbocycles. The number of hydrogen-bond acceptors (Lipinski definition) is 1. The quantitative estimate of drug-likeness (QED) is 0.573. The zero-order chi connectivity index (χ0) is 8.10. The summed E-state index contributed by atoms with van der Waals surface area (Å²) in [6.07, 6.45) is 9.34. The predicted octanol–water partition coefficient (Wildman–Crippen LogP) is 1.19. The van der Waals surface area contributed by atoms with E-state index in [0.29, 0.717) is 13.0 Å². The summed E-state index contributed by atoms with van der Waals surface area (Å²) in [4.78, 5) is 0. The zero-order valence-electron chi connectivity index (χ0n) is 6.12. The van der Waals surface area contributed by atoms with Crippen LogP contribution in [0.4, 0.5) is 0 Å². The van der Waals surface area contributed by atoms with Crippen LogP contribution in [-0.2, 0) is 13.0 Å². The van der Waals surface area contributed by atoms with Gasteiger partial charge in [0.15, 0.2) is 0 Å². The molecule has 0 saturated heterocycles. The molecule has 11 heavy (non-hydrogen) atoms. The molecule has 2 heteroatoms. The van der Waals surface area contributed by atoms with Gasteiger partial charge in [-0.25, -0.2) is 0 Å². The number of aromatic nitrogens is 1. The molecule has 2 nitrogen and oxygen atoms in total. The molecule has 0 fully saturated rings. The van der Waals surface area contributed by atoms with Gasteiger partial charge in [-0.2, -0.15) is 5.26 Å². The maximum absolute atomic E-state index is 8.36.